The van der Waals surface area contributed by atoms with E-state index in [9.17, 15) is 5.11 Å². The van der Waals surface area contributed by atoms with Gasteiger partial charge in [-0.25, -0.2) is 0 Å². The molecule has 0 aliphatic heterocycles. The second-order valence-corrected chi connectivity index (χ2v) is 6.93. The first kappa shape index (κ1) is 15.9. The monoisotopic (exact) mass is 257 g/mol. The van der Waals surface area contributed by atoms with Gasteiger partial charge in [0.2, 0.25) is 0 Å². The largest absolute Gasteiger partial charge is 0.393 e. The normalized spacial score (nSPS) is 29.0. The maximum absolute atomic E-state index is 9.76. The molecule has 1 atom stereocenters. The summed E-state index contributed by atoms with van der Waals surface area (Å²) in [5, 5.41) is 22.2. The lowest BCUT2D eigenvalue weighted by atomic mass is 9.69. The van der Waals surface area contributed by atoms with Crippen molar-refractivity contribution < 1.29 is 10.2 Å². The zero-order valence-electron chi connectivity index (χ0n) is 12.5. The first-order valence-electron chi connectivity index (χ1n) is 7.37. The molecule has 1 aliphatic rings. The van der Waals surface area contributed by atoms with Crippen LogP contribution in [0.1, 0.15) is 59.8 Å². The molecule has 1 fully saturated rings. The first-order chi connectivity index (χ1) is 8.30. The van der Waals surface area contributed by atoms with Crippen LogP contribution in [-0.2, 0) is 0 Å². The van der Waals surface area contributed by atoms with Crippen LogP contribution in [0.3, 0.4) is 0 Å². The standard InChI is InChI=1S/C15H31NO2/c1-5-14(2,3)12-6-8-13(9-7-12)16-10-15(4,18)11-17/h12-13,16-18H,5-11H2,1-4H3. The molecule has 0 radical (unpaired) electrons. The molecular formula is C15H31NO2. The third-order valence-corrected chi connectivity index (χ3v) is 4.86. The van der Waals surface area contributed by atoms with E-state index >= 15 is 0 Å². The Labute approximate surface area is 112 Å². The van der Waals surface area contributed by atoms with Crippen molar-refractivity contribution in [2.45, 2.75) is 71.4 Å². The van der Waals surface area contributed by atoms with E-state index in [4.69, 9.17) is 5.11 Å². The van der Waals surface area contributed by atoms with Crippen molar-refractivity contribution in [2.24, 2.45) is 11.3 Å². The van der Waals surface area contributed by atoms with E-state index in [2.05, 4.69) is 26.1 Å². The van der Waals surface area contributed by atoms with Gasteiger partial charge in [-0.2, -0.15) is 0 Å². The van der Waals surface area contributed by atoms with Gasteiger partial charge in [0.25, 0.3) is 0 Å². The van der Waals surface area contributed by atoms with Gasteiger partial charge in [-0.15, -0.1) is 0 Å². The summed E-state index contributed by atoms with van der Waals surface area (Å²) in [6.07, 6.45) is 6.18. The highest BCUT2D eigenvalue weighted by Crippen LogP contribution is 2.40. The van der Waals surface area contributed by atoms with E-state index in [-0.39, 0.29) is 6.61 Å². The van der Waals surface area contributed by atoms with E-state index in [1.54, 1.807) is 6.92 Å². The molecule has 108 valence electrons. The van der Waals surface area contributed by atoms with Gasteiger partial charge in [0, 0.05) is 12.6 Å². The Kier molecular flexibility index (Phi) is 5.63. The minimum atomic E-state index is -0.987. The van der Waals surface area contributed by atoms with Crippen LogP contribution in [0.2, 0.25) is 0 Å². The highest BCUT2D eigenvalue weighted by molar-refractivity contribution is 4.86. The third-order valence-electron chi connectivity index (χ3n) is 4.86. The lowest BCUT2D eigenvalue weighted by Gasteiger charge is -2.39. The molecule has 0 saturated heterocycles. The molecule has 0 heterocycles. The minimum absolute atomic E-state index is 0.182. The lowest BCUT2D eigenvalue weighted by Crippen LogP contribution is -2.46. The molecule has 0 spiro atoms. The average Bonchev–Trinajstić information content (AvgIpc) is 2.37. The van der Waals surface area contributed by atoms with Gasteiger partial charge in [-0.1, -0.05) is 27.2 Å². The van der Waals surface area contributed by atoms with Crippen LogP contribution >= 0.6 is 0 Å². The number of rotatable bonds is 6. The molecule has 3 N–H and O–H groups in total. The Hall–Kier alpha value is -0.120. The highest BCUT2D eigenvalue weighted by atomic mass is 16.3. The van der Waals surface area contributed by atoms with E-state index in [0.717, 1.165) is 5.92 Å². The summed E-state index contributed by atoms with van der Waals surface area (Å²) in [6, 6.07) is 0.506. The number of nitrogens with one attached hydrogen (secondary N) is 1. The fourth-order valence-electron chi connectivity index (χ4n) is 2.79. The molecule has 18 heavy (non-hydrogen) atoms. The Balaban J connectivity index is 2.32. The molecular weight excluding hydrogens is 226 g/mol. The molecule has 3 heteroatoms. The maximum atomic E-state index is 9.76. The van der Waals surface area contributed by atoms with Crippen LogP contribution in [0, 0.1) is 11.3 Å². The van der Waals surface area contributed by atoms with Gasteiger partial charge in [-0.3, -0.25) is 0 Å². The molecule has 1 rings (SSSR count). The smallest absolute Gasteiger partial charge is 0.0972 e. The van der Waals surface area contributed by atoms with Gasteiger partial charge in [-0.05, 0) is 43.9 Å². The van der Waals surface area contributed by atoms with Crippen LogP contribution in [0.5, 0.6) is 0 Å². The van der Waals surface area contributed by atoms with E-state index in [0.29, 0.717) is 18.0 Å². The maximum Gasteiger partial charge on any atom is 0.0972 e. The molecule has 1 aliphatic carbocycles. The molecule has 0 amide bonds. The second kappa shape index (κ2) is 6.36. The third kappa shape index (κ3) is 4.52. The average molecular weight is 257 g/mol. The van der Waals surface area contributed by atoms with Gasteiger partial charge in [0.05, 0.1) is 12.2 Å². The molecule has 1 saturated carbocycles. The summed E-state index contributed by atoms with van der Waals surface area (Å²) < 4.78 is 0. The predicted octanol–water partition coefficient (Wildman–Crippen LogP) is 2.31. The fourth-order valence-corrected chi connectivity index (χ4v) is 2.79. The van der Waals surface area contributed by atoms with E-state index < -0.39 is 5.60 Å². The predicted molar refractivity (Wildman–Crippen MR) is 75.5 cm³/mol. The first-order valence-corrected chi connectivity index (χ1v) is 7.37. The molecule has 3 nitrogen and oxygen atoms in total. The molecule has 1 unspecified atom stereocenters. The Morgan fingerprint density at radius 1 is 1.11 bits per heavy atom. The summed E-state index contributed by atoms with van der Waals surface area (Å²) in [6.45, 7) is 9.01. The van der Waals surface area contributed by atoms with Crippen molar-refractivity contribution in [1.29, 1.82) is 0 Å². The molecule has 0 aromatic carbocycles. The topological polar surface area (TPSA) is 52.5 Å². The minimum Gasteiger partial charge on any atom is -0.393 e. The number of hydrogen-bond acceptors (Lipinski definition) is 3. The molecule has 0 bridgehead atoms. The van der Waals surface area contributed by atoms with Crippen molar-refractivity contribution in [3.05, 3.63) is 0 Å². The SMILES string of the molecule is CCC(C)(C)C1CCC(NCC(C)(O)CO)CC1. The second-order valence-electron chi connectivity index (χ2n) is 6.93. The number of aliphatic hydroxyl groups excluding tert-OH is 1. The van der Waals surface area contributed by atoms with Crippen molar-refractivity contribution in [3.8, 4) is 0 Å². The van der Waals surface area contributed by atoms with E-state index in [1.165, 1.54) is 32.1 Å². The Morgan fingerprint density at radius 2 is 1.67 bits per heavy atom. The molecule has 0 aromatic heterocycles. The van der Waals surface area contributed by atoms with Gasteiger partial charge in [0.15, 0.2) is 0 Å². The van der Waals surface area contributed by atoms with Crippen LogP contribution < -0.4 is 5.32 Å². The number of aliphatic hydroxyl groups is 2. The Bertz CT molecular complexity index is 243. The zero-order chi connectivity index (χ0) is 13.8. The summed E-state index contributed by atoms with van der Waals surface area (Å²) in [4.78, 5) is 0. The van der Waals surface area contributed by atoms with Gasteiger partial charge < -0.3 is 15.5 Å². The lowest BCUT2D eigenvalue weighted by molar-refractivity contribution is -0.00129. The highest BCUT2D eigenvalue weighted by Gasteiger charge is 2.32. The van der Waals surface area contributed by atoms with Crippen LogP contribution in [0.25, 0.3) is 0 Å². The van der Waals surface area contributed by atoms with E-state index in [1.807, 2.05) is 0 Å². The fraction of sp³-hybridized carbons (Fsp3) is 1.00. The van der Waals surface area contributed by atoms with Crippen molar-refractivity contribution in [2.75, 3.05) is 13.2 Å². The summed E-state index contributed by atoms with van der Waals surface area (Å²) in [5.41, 5.74) is -0.527. The number of hydrogen-bond donors (Lipinski definition) is 3. The van der Waals surface area contributed by atoms with Crippen molar-refractivity contribution in [3.63, 3.8) is 0 Å². The summed E-state index contributed by atoms with van der Waals surface area (Å²) in [5.74, 6) is 0.832. The van der Waals surface area contributed by atoms with Gasteiger partial charge >= 0.3 is 0 Å². The van der Waals surface area contributed by atoms with Crippen molar-refractivity contribution in [1.82, 2.24) is 5.32 Å². The van der Waals surface area contributed by atoms with Crippen LogP contribution in [0.4, 0.5) is 0 Å². The van der Waals surface area contributed by atoms with Crippen LogP contribution in [-0.4, -0.2) is 35.0 Å². The van der Waals surface area contributed by atoms with Crippen LogP contribution in [0.15, 0.2) is 0 Å². The summed E-state index contributed by atoms with van der Waals surface area (Å²) in [7, 11) is 0. The van der Waals surface area contributed by atoms with Gasteiger partial charge in [0.1, 0.15) is 0 Å². The zero-order valence-corrected chi connectivity index (χ0v) is 12.5. The Morgan fingerprint density at radius 3 is 2.11 bits per heavy atom. The quantitative estimate of drug-likeness (QED) is 0.684. The summed E-state index contributed by atoms with van der Waals surface area (Å²) >= 11 is 0. The van der Waals surface area contributed by atoms with Crippen molar-refractivity contribution >= 4 is 0 Å². The molecule has 0 aromatic rings.